The van der Waals surface area contributed by atoms with E-state index in [-0.39, 0.29) is 12.1 Å². The summed E-state index contributed by atoms with van der Waals surface area (Å²) in [6.45, 7) is 4.49. The van der Waals surface area contributed by atoms with Crippen molar-refractivity contribution in [2.75, 3.05) is 9.80 Å². The highest BCUT2D eigenvalue weighted by molar-refractivity contribution is 7.00. The summed E-state index contributed by atoms with van der Waals surface area (Å²) in [4.78, 5) is 5.36. The van der Waals surface area contributed by atoms with Gasteiger partial charge < -0.3 is 9.80 Å². The first-order valence-corrected chi connectivity index (χ1v) is 30.2. The lowest BCUT2D eigenvalue weighted by Crippen LogP contribution is -2.72. The van der Waals surface area contributed by atoms with E-state index in [0.717, 1.165) is 23.4 Å². The number of para-hydroxylation sites is 1. The Balaban J connectivity index is 0.819. The molecular weight excluding hydrogens is 988 g/mol. The highest BCUT2D eigenvalue weighted by Gasteiger charge is 2.80. The normalized spacial score (nSPS) is 22.5. The first-order valence-electron chi connectivity index (χ1n) is 30.2. The van der Waals surface area contributed by atoms with Gasteiger partial charge in [0.1, 0.15) is 0 Å². The van der Waals surface area contributed by atoms with Gasteiger partial charge in [-0.1, -0.05) is 199 Å². The molecule has 6 atom stereocenters. The Hall–Kier alpha value is -8.92. The van der Waals surface area contributed by atoms with Gasteiger partial charge in [-0.15, -0.1) is 0 Å². The maximum absolute atomic E-state index is 2.77. The fourth-order valence-electron chi connectivity index (χ4n) is 19.3. The van der Waals surface area contributed by atoms with Gasteiger partial charge in [0.2, 0.25) is 0 Å². The van der Waals surface area contributed by atoms with Crippen molar-refractivity contribution in [2.45, 2.75) is 51.4 Å². The smallest absolute Gasteiger partial charge is 0.252 e. The number of hydrogen-bond donors (Lipinski definition) is 0. The fourth-order valence-corrected chi connectivity index (χ4v) is 19.3. The zero-order valence-electron chi connectivity index (χ0n) is 46.3. The number of fused-ring (bicyclic) bond motifs is 15. The lowest BCUT2D eigenvalue weighted by atomic mass is 9.27. The summed E-state index contributed by atoms with van der Waals surface area (Å²) < 4.78 is 0. The van der Waals surface area contributed by atoms with Gasteiger partial charge in [-0.2, -0.15) is 0 Å². The summed E-state index contributed by atoms with van der Waals surface area (Å²) in [6.07, 6.45) is 7.01. The first-order chi connectivity index (χ1) is 40.4. The van der Waals surface area contributed by atoms with Gasteiger partial charge in [0.05, 0.1) is 5.69 Å². The average Bonchev–Trinajstić information content (AvgIpc) is 1.22. The van der Waals surface area contributed by atoms with Crippen LogP contribution in [0.5, 0.6) is 0 Å². The Morgan fingerprint density at radius 1 is 0.354 bits per heavy atom. The Labute approximate surface area is 481 Å². The van der Waals surface area contributed by atoms with Crippen molar-refractivity contribution < 1.29 is 0 Å². The molecule has 0 aromatic heterocycles. The lowest BCUT2D eigenvalue weighted by molar-refractivity contribution is -0.178. The van der Waals surface area contributed by atoms with Gasteiger partial charge in [0.15, 0.2) is 0 Å². The predicted octanol–water partition coefficient (Wildman–Crippen LogP) is 18.4. The molecule has 3 heteroatoms. The number of hydrogen-bond acceptors (Lipinski definition) is 2. The van der Waals surface area contributed by atoms with E-state index in [1.807, 2.05) is 0 Å². The van der Waals surface area contributed by atoms with E-state index in [0.29, 0.717) is 11.3 Å². The molecule has 2 nitrogen and oxygen atoms in total. The van der Waals surface area contributed by atoms with Crippen LogP contribution in [0.1, 0.15) is 54.4 Å². The van der Waals surface area contributed by atoms with Crippen LogP contribution in [0.25, 0.3) is 77.9 Å². The summed E-state index contributed by atoms with van der Waals surface area (Å²) in [5.74, 6) is 3.21. The quantitative estimate of drug-likeness (QED) is 0.162. The van der Waals surface area contributed by atoms with Gasteiger partial charge in [0.25, 0.3) is 6.71 Å². The number of anilines is 6. The van der Waals surface area contributed by atoms with Crippen molar-refractivity contribution in [1.29, 1.82) is 0 Å². The molecule has 0 radical (unpaired) electrons. The van der Waals surface area contributed by atoms with Crippen LogP contribution in [-0.4, -0.2) is 6.71 Å². The summed E-state index contributed by atoms with van der Waals surface area (Å²) in [5, 5.41) is 0. The van der Waals surface area contributed by atoms with E-state index < -0.39 is 0 Å². The Morgan fingerprint density at radius 2 is 0.866 bits per heavy atom. The molecule has 5 fully saturated rings. The second kappa shape index (κ2) is 16.4. The van der Waals surface area contributed by atoms with Gasteiger partial charge >= 0.3 is 0 Å². The van der Waals surface area contributed by atoms with Crippen LogP contribution in [0.2, 0.25) is 0 Å². The van der Waals surface area contributed by atoms with E-state index in [1.165, 1.54) is 166 Å². The van der Waals surface area contributed by atoms with Crippen LogP contribution >= 0.6 is 0 Å². The molecular formula is C79H59BN2. The largest absolute Gasteiger partial charge is 0.311 e. The van der Waals surface area contributed by atoms with Crippen molar-refractivity contribution in [1.82, 2.24) is 0 Å². The minimum absolute atomic E-state index is 0.00694. The van der Waals surface area contributed by atoms with Crippen LogP contribution in [0.15, 0.2) is 237 Å². The van der Waals surface area contributed by atoms with E-state index in [2.05, 4.69) is 260 Å². The third-order valence-electron chi connectivity index (χ3n) is 21.9. The molecule has 0 amide bonds. The Bertz CT molecular complexity index is 4600. The van der Waals surface area contributed by atoms with E-state index in [9.17, 15) is 0 Å². The number of benzene rings is 11. The van der Waals surface area contributed by atoms with Gasteiger partial charge in [0, 0.05) is 33.9 Å². The van der Waals surface area contributed by atoms with Crippen molar-refractivity contribution >= 4 is 57.2 Å². The Kier molecular flexibility index (Phi) is 9.15. The molecule has 388 valence electrons. The second-order valence-corrected chi connectivity index (χ2v) is 25.8. The molecule has 20 rings (SSSR count). The molecule has 6 unspecified atom stereocenters. The minimum Gasteiger partial charge on any atom is -0.311 e. The fraction of sp³-hybridized carbons (Fsp3) is 0.165. The van der Waals surface area contributed by atoms with E-state index in [1.54, 1.807) is 11.1 Å². The first kappa shape index (κ1) is 45.8. The lowest BCUT2D eigenvalue weighted by Gasteiger charge is -2.75. The third-order valence-corrected chi connectivity index (χ3v) is 21.9. The minimum atomic E-state index is -0.0139. The standard InChI is InChI=1S/C79H59BN2/c1-47-14-11-16-52(36-47)55-31-35-73-70(43-55)80-71-44-56(53-17-12-15-48(2)37-53)42-69-77(71)82(72-25-10-9-24-66(72)79(69)68-40-50-38-49-39-67(68)78(79,45-49)46-50)75-27-13-26-74(76(75)80)81(73)57-32-28-51(29-33-57)54-30-34-64-62-22-6-5-20-60(62)58-18-3-4-19-59(58)61-21-7-8-23-63(61)65(64)41-54/h3-37,41-44,49-50,67-68H,38-40,45-46H2,1-2H3. The molecule has 0 saturated heterocycles. The molecule has 2 spiro atoms. The molecule has 11 aromatic rings. The Morgan fingerprint density at radius 3 is 1.54 bits per heavy atom. The van der Waals surface area contributed by atoms with Gasteiger partial charge in [-0.25, -0.2) is 0 Å². The van der Waals surface area contributed by atoms with Crippen molar-refractivity contribution in [3.8, 4) is 77.9 Å². The second-order valence-electron chi connectivity index (χ2n) is 25.8. The molecule has 4 bridgehead atoms. The zero-order valence-corrected chi connectivity index (χ0v) is 46.3. The predicted molar refractivity (Wildman–Crippen MR) is 342 cm³/mol. The molecule has 3 heterocycles. The zero-order chi connectivity index (χ0) is 53.7. The molecule has 3 aliphatic heterocycles. The maximum Gasteiger partial charge on any atom is 0.252 e. The topological polar surface area (TPSA) is 6.48 Å². The summed E-state index contributed by atoms with van der Waals surface area (Å²) in [5.41, 5.74) is 35.9. The van der Waals surface area contributed by atoms with Gasteiger partial charge in [-0.3, -0.25) is 0 Å². The number of aryl methyl sites for hydroxylation is 2. The molecule has 82 heavy (non-hydrogen) atoms. The number of rotatable bonds is 4. The SMILES string of the molecule is Cc1cccc(-c2ccc3c(c2)B2c4cc(-c5cccc(C)c5)cc5c4N(c4ccccc4C54C5CC6CC7CC5C4(C7)C6)c4cccc(c42)N3c2ccc(-c3ccc4c(c3)-c3ccccc3-c3ccccc3-c3ccccc3-4)cc2)c1. The van der Waals surface area contributed by atoms with Crippen LogP contribution < -0.4 is 26.2 Å². The molecule has 0 N–H and O–H groups in total. The molecule has 6 aliphatic carbocycles. The monoisotopic (exact) mass is 1050 g/mol. The van der Waals surface area contributed by atoms with Crippen LogP contribution in [0, 0.1) is 42.9 Å². The van der Waals surface area contributed by atoms with Crippen molar-refractivity contribution in [3.05, 3.63) is 259 Å². The summed E-state index contributed by atoms with van der Waals surface area (Å²) >= 11 is 0. The molecule has 5 saturated carbocycles. The van der Waals surface area contributed by atoms with E-state index >= 15 is 0 Å². The van der Waals surface area contributed by atoms with Crippen LogP contribution in [0.3, 0.4) is 0 Å². The summed E-state index contributed by atoms with van der Waals surface area (Å²) in [7, 11) is 0. The summed E-state index contributed by atoms with van der Waals surface area (Å²) in [6, 6.07) is 91.7. The van der Waals surface area contributed by atoms with Gasteiger partial charge in [-0.05, 0) is 229 Å². The van der Waals surface area contributed by atoms with E-state index in [4.69, 9.17) is 0 Å². The van der Waals surface area contributed by atoms with Crippen molar-refractivity contribution in [2.24, 2.45) is 29.1 Å². The van der Waals surface area contributed by atoms with Crippen molar-refractivity contribution in [3.63, 3.8) is 0 Å². The molecule has 9 aliphatic rings. The highest BCUT2D eigenvalue weighted by atomic mass is 15.2. The van der Waals surface area contributed by atoms with Crippen LogP contribution in [0.4, 0.5) is 34.1 Å². The number of nitrogens with zero attached hydrogens (tertiary/aromatic N) is 2. The maximum atomic E-state index is 2.77. The average molecular weight is 1050 g/mol. The van der Waals surface area contributed by atoms with Crippen LogP contribution in [-0.2, 0) is 5.41 Å². The third kappa shape index (κ3) is 5.86. The molecule has 11 aromatic carbocycles. The highest BCUT2D eigenvalue weighted by Crippen LogP contribution is 2.85.